The predicted octanol–water partition coefficient (Wildman–Crippen LogP) is 2.87. The van der Waals surface area contributed by atoms with Gasteiger partial charge in [0.15, 0.2) is 0 Å². The third-order valence-corrected chi connectivity index (χ3v) is 4.51. The lowest BCUT2D eigenvalue weighted by Crippen LogP contribution is -2.29. The molecule has 0 saturated carbocycles. The third kappa shape index (κ3) is 8.37. The number of methoxy groups -OCH3 is 1. The molecule has 2 rings (SSSR count). The highest BCUT2D eigenvalue weighted by Gasteiger charge is 2.08. The van der Waals surface area contributed by atoms with Crippen LogP contribution in [0.1, 0.15) is 48.9 Å². The topological polar surface area (TPSA) is 79.5 Å². The Morgan fingerprint density at radius 2 is 2.07 bits per heavy atom. The standard InChI is InChI=1S/C21H31N3O3/c1-27-14-6-12-23-21(26)18-9-5-10-19(15-18)24-20(25)16-22-13-11-17-7-3-2-4-8-17/h5,7,9-10,15,22H,2-4,6,8,11-14,16H2,1H3,(H,23,26)(H,24,25). The fraction of sp³-hybridized carbons (Fsp3) is 0.524. The summed E-state index contributed by atoms with van der Waals surface area (Å²) in [5, 5.41) is 8.86. The number of hydrogen-bond acceptors (Lipinski definition) is 4. The molecule has 0 fully saturated rings. The molecule has 6 nitrogen and oxygen atoms in total. The zero-order chi connectivity index (χ0) is 19.3. The largest absolute Gasteiger partial charge is 0.385 e. The van der Waals surface area contributed by atoms with Crippen LogP contribution in [0.25, 0.3) is 0 Å². The van der Waals surface area contributed by atoms with Crippen molar-refractivity contribution in [3.63, 3.8) is 0 Å². The number of carbonyl (C=O) groups is 2. The van der Waals surface area contributed by atoms with E-state index in [0.29, 0.717) is 24.4 Å². The monoisotopic (exact) mass is 373 g/mol. The first-order valence-corrected chi connectivity index (χ1v) is 9.74. The Labute approximate surface area is 161 Å². The second kappa shape index (κ2) is 12.3. The molecule has 0 heterocycles. The van der Waals surface area contributed by atoms with Gasteiger partial charge < -0.3 is 20.7 Å². The van der Waals surface area contributed by atoms with Gasteiger partial charge >= 0.3 is 0 Å². The smallest absolute Gasteiger partial charge is 0.251 e. The van der Waals surface area contributed by atoms with E-state index in [-0.39, 0.29) is 18.4 Å². The maximum absolute atomic E-state index is 12.1. The van der Waals surface area contributed by atoms with Crippen LogP contribution in [0, 0.1) is 0 Å². The molecule has 6 heteroatoms. The first-order chi connectivity index (χ1) is 13.2. The van der Waals surface area contributed by atoms with Gasteiger partial charge in [0.1, 0.15) is 0 Å². The molecule has 3 N–H and O–H groups in total. The number of ether oxygens (including phenoxy) is 1. The van der Waals surface area contributed by atoms with Crippen molar-refractivity contribution in [2.24, 2.45) is 0 Å². The maximum Gasteiger partial charge on any atom is 0.251 e. The van der Waals surface area contributed by atoms with E-state index in [4.69, 9.17) is 4.74 Å². The molecule has 27 heavy (non-hydrogen) atoms. The fourth-order valence-corrected chi connectivity index (χ4v) is 3.05. The van der Waals surface area contributed by atoms with Crippen molar-refractivity contribution >= 4 is 17.5 Å². The number of allylic oxidation sites excluding steroid dienone is 1. The molecule has 0 unspecified atom stereocenters. The van der Waals surface area contributed by atoms with Crippen LogP contribution in [0.15, 0.2) is 35.9 Å². The Balaban J connectivity index is 1.70. The molecule has 2 amide bonds. The highest BCUT2D eigenvalue weighted by molar-refractivity contribution is 5.97. The van der Waals surface area contributed by atoms with E-state index >= 15 is 0 Å². The Morgan fingerprint density at radius 1 is 1.19 bits per heavy atom. The van der Waals surface area contributed by atoms with Crippen molar-refractivity contribution in [3.8, 4) is 0 Å². The van der Waals surface area contributed by atoms with Gasteiger partial charge in [-0.3, -0.25) is 9.59 Å². The van der Waals surface area contributed by atoms with Crippen molar-refractivity contribution in [1.29, 1.82) is 0 Å². The number of benzene rings is 1. The lowest BCUT2D eigenvalue weighted by atomic mass is 9.97. The number of anilines is 1. The van der Waals surface area contributed by atoms with Gasteiger partial charge in [0.05, 0.1) is 6.54 Å². The molecule has 0 saturated heterocycles. The van der Waals surface area contributed by atoms with Gasteiger partial charge in [0.25, 0.3) is 5.91 Å². The first-order valence-electron chi connectivity index (χ1n) is 9.74. The lowest BCUT2D eigenvalue weighted by Gasteiger charge is -2.13. The van der Waals surface area contributed by atoms with E-state index in [9.17, 15) is 9.59 Å². The van der Waals surface area contributed by atoms with E-state index in [1.54, 1.807) is 31.4 Å². The average Bonchev–Trinajstić information content (AvgIpc) is 2.69. The lowest BCUT2D eigenvalue weighted by molar-refractivity contribution is -0.115. The average molecular weight is 373 g/mol. The van der Waals surface area contributed by atoms with Crippen LogP contribution in [0.4, 0.5) is 5.69 Å². The Morgan fingerprint density at radius 3 is 2.85 bits per heavy atom. The van der Waals surface area contributed by atoms with Crippen molar-refractivity contribution in [2.45, 2.75) is 38.5 Å². The molecule has 0 aromatic heterocycles. The van der Waals surface area contributed by atoms with E-state index in [0.717, 1.165) is 19.4 Å². The SMILES string of the molecule is COCCCNC(=O)c1cccc(NC(=O)CNCCC2=CCCCC2)c1. The van der Waals surface area contributed by atoms with Gasteiger partial charge in [-0.2, -0.15) is 0 Å². The van der Waals surface area contributed by atoms with Crippen LogP contribution < -0.4 is 16.0 Å². The van der Waals surface area contributed by atoms with E-state index in [1.165, 1.54) is 31.3 Å². The molecule has 1 aromatic rings. The summed E-state index contributed by atoms with van der Waals surface area (Å²) >= 11 is 0. The van der Waals surface area contributed by atoms with E-state index in [1.807, 2.05) is 0 Å². The van der Waals surface area contributed by atoms with E-state index in [2.05, 4.69) is 22.0 Å². The summed E-state index contributed by atoms with van der Waals surface area (Å²) < 4.78 is 4.96. The molecule has 1 aliphatic rings. The van der Waals surface area contributed by atoms with E-state index < -0.39 is 0 Å². The number of amides is 2. The van der Waals surface area contributed by atoms with Crippen molar-refractivity contribution in [2.75, 3.05) is 38.7 Å². The minimum atomic E-state index is -0.152. The minimum absolute atomic E-state index is 0.106. The number of rotatable bonds is 11. The summed E-state index contributed by atoms with van der Waals surface area (Å²) in [6.07, 6.45) is 9.05. The predicted molar refractivity (Wildman–Crippen MR) is 108 cm³/mol. The van der Waals surface area contributed by atoms with Crippen LogP contribution in [-0.4, -0.2) is 45.2 Å². The Hall–Kier alpha value is -2.18. The minimum Gasteiger partial charge on any atom is -0.385 e. The quantitative estimate of drug-likeness (QED) is 0.412. The summed E-state index contributed by atoms with van der Waals surface area (Å²) in [6, 6.07) is 6.98. The molecular weight excluding hydrogens is 342 g/mol. The number of hydrogen-bond donors (Lipinski definition) is 3. The molecule has 1 aliphatic carbocycles. The van der Waals surface area contributed by atoms with Gasteiger partial charge in [-0.15, -0.1) is 0 Å². The normalized spacial score (nSPS) is 13.7. The van der Waals surface area contributed by atoms with Crippen LogP contribution in [0.5, 0.6) is 0 Å². The highest BCUT2D eigenvalue weighted by Crippen LogP contribution is 2.19. The van der Waals surface area contributed by atoms with Gasteiger partial charge in [-0.05, 0) is 63.3 Å². The van der Waals surface area contributed by atoms with Gasteiger partial charge in [0, 0.05) is 31.5 Å². The summed E-state index contributed by atoms with van der Waals surface area (Å²) in [4.78, 5) is 24.2. The van der Waals surface area contributed by atoms with Crippen LogP contribution in [-0.2, 0) is 9.53 Å². The third-order valence-electron chi connectivity index (χ3n) is 4.51. The molecule has 0 spiro atoms. The molecule has 0 aliphatic heterocycles. The second-order valence-corrected chi connectivity index (χ2v) is 6.77. The molecular formula is C21H31N3O3. The van der Waals surface area contributed by atoms with Gasteiger partial charge in [-0.1, -0.05) is 17.7 Å². The van der Waals surface area contributed by atoms with Crippen molar-refractivity contribution < 1.29 is 14.3 Å². The summed E-state index contributed by atoms with van der Waals surface area (Å²) in [6.45, 7) is 2.24. The van der Waals surface area contributed by atoms with Gasteiger partial charge in [0.2, 0.25) is 5.91 Å². The number of nitrogens with one attached hydrogen (secondary N) is 3. The number of carbonyl (C=O) groups excluding carboxylic acids is 2. The zero-order valence-corrected chi connectivity index (χ0v) is 16.2. The molecule has 0 bridgehead atoms. The molecule has 0 radical (unpaired) electrons. The fourth-order valence-electron chi connectivity index (χ4n) is 3.05. The molecule has 1 aromatic carbocycles. The summed E-state index contributed by atoms with van der Waals surface area (Å²) in [7, 11) is 1.64. The van der Waals surface area contributed by atoms with Crippen molar-refractivity contribution in [3.05, 3.63) is 41.5 Å². The molecule has 0 atom stereocenters. The Kier molecular flexibility index (Phi) is 9.58. The first kappa shape index (κ1) is 21.1. The van der Waals surface area contributed by atoms with Crippen LogP contribution in [0.2, 0.25) is 0 Å². The maximum atomic E-state index is 12.1. The Bertz CT molecular complexity index is 643. The summed E-state index contributed by atoms with van der Waals surface area (Å²) in [5.41, 5.74) is 2.65. The second-order valence-electron chi connectivity index (χ2n) is 6.77. The highest BCUT2D eigenvalue weighted by atomic mass is 16.5. The molecule has 148 valence electrons. The van der Waals surface area contributed by atoms with Crippen LogP contribution in [0.3, 0.4) is 0 Å². The zero-order valence-electron chi connectivity index (χ0n) is 16.2. The summed E-state index contributed by atoms with van der Waals surface area (Å²) in [5.74, 6) is -0.258. The van der Waals surface area contributed by atoms with Crippen molar-refractivity contribution in [1.82, 2.24) is 10.6 Å². The van der Waals surface area contributed by atoms with Crippen LogP contribution >= 0.6 is 0 Å². The van der Waals surface area contributed by atoms with Gasteiger partial charge in [-0.25, -0.2) is 0 Å².